The fourth-order valence-electron chi connectivity index (χ4n) is 3.25. The molecular weight excluding hydrogens is 517 g/mol. The molecule has 0 radical (unpaired) electrons. The molecule has 0 aliphatic carbocycles. The van der Waals surface area contributed by atoms with Crippen molar-refractivity contribution in [3.05, 3.63) is 119 Å². The van der Waals surface area contributed by atoms with Crippen LogP contribution < -0.4 is 16.0 Å². The van der Waals surface area contributed by atoms with Crippen molar-refractivity contribution in [2.24, 2.45) is 0 Å². The molecule has 0 spiro atoms. The smallest absolute Gasteiger partial charge is 0.242 e. The van der Waals surface area contributed by atoms with Gasteiger partial charge in [-0.15, -0.1) is 11.8 Å². The van der Waals surface area contributed by atoms with Gasteiger partial charge in [-0.2, -0.15) is 0 Å². The van der Waals surface area contributed by atoms with Gasteiger partial charge in [0, 0.05) is 22.0 Å². The lowest BCUT2D eigenvalue weighted by molar-refractivity contribution is -0.115. The first kappa shape index (κ1) is 25.1. The number of rotatable bonds is 7. The highest BCUT2D eigenvalue weighted by atomic mass is 35.5. The summed E-state index contributed by atoms with van der Waals surface area (Å²) in [5.41, 5.74) is 3.24. The van der Waals surface area contributed by atoms with Crippen LogP contribution in [0.5, 0.6) is 0 Å². The van der Waals surface area contributed by atoms with E-state index in [1.165, 1.54) is 11.8 Å². The van der Waals surface area contributed by atoms with E-state index >= 15 is 0 Å². The summed E-state index contributed by atoms with van der Waals surface area (Å²) in [5.74, 6) is -0.157. The Balaban J connectivity index is 1.45. The van der Waals surface area contributed by atoms with Crippen molar-refractivity contribution in [1.82, 2.24) is 0 Å². The van der Waals surface area contributed by atoms with E-state index in [0.717, 1.165) is 21.8 Å². The summed E-state index contributed by atoms with van der Waals surface area (Å²) >= 11 is 19.0. The Morgan fingerprint density at radius 3 is 1.89 bits per heavy atom. The normalized spacial score (nSPS) is 11.4. The van der Waals surface area contributed by atoms with Crippen LogP contribution in [0.15, 0.2) is 108 Å². The summed E-state index contributed by atoms with van der Waals surface area (Å²) in [4.78, 5) is 14.2. The minimum absolute atomic E-state index is 0.157. The molecule has 0 saturated heterocycles. The molecule has 4 rings (SSSR count). The fraction of sp³-hybridized carbons (Fsp3) is 0.0370. The number of anilines is 3. The second-order valence-corrected chi connectivity index (χ2v) is 9.90. The van der Waals surface area contributed by atoms with Gasteiger partial charge in [-0.3, -0.25) is 4.79 Å². The van der Waals surface area contributed by atoms with E-state index in [-0.39, 0.29) is 5.91 Å². The average Bonchev–Trinajstić information content (AvgIpc) is 2.87. The van der Waals surface area contributed by atoms with Gasteiger partial charge in [0.15, 0.2) is 5.11 Å². The number of thiocarbonyl (C=S) groups is 1. The van der Waals surface area contributed by atoms with Crippen molar-refractivity contribution in [2.45, 2.75) is 10.1 Å². The fourth-order valence-corrected chi connectivity index (χ4v) is 4.81. The third-order valence-electron chi connectivity index (χ3n) is 4.93. The second kappa shape index (κ2) is 12.1. The van der Waals surface area contributed by atoms with Gasteiger partial charge in [-0.25, -0.2) is 0 Å². The number of nitrogens with one attached hydrogen (secondary N) is 3. The maximum Gasteiger partial charge on any atom is 0.242 e. The topological polar surface area (TPSA) is 53.2 Å². The van der Waals surface area contributed by atoms with Gasteiger partial charge < -0.3 is 16.0 Å². The average molecular weight is 539 g/mol. The highest BCUT2D eigenvalue weighted by Crippen LogP contribution is 2.37. The van der Waals surface area contributed by atoms with E-state index < -0.39 is 5.25 Å². The zero-order chi connectivity index (χ0) is 24.6. The quantitative estimate of drug-likeness (QED) is 0.163. The van der Waals surface area contributed by atoms with Crippen LogP contribution in [0, 0.1) is 0 Å². The lowest BCUT2D eigenvalue weighted by atomic mass is 10.1. The molecule has 0 aliphatic heterocycles. The minimum Gasteiger partial charge on any atom is -0.332 e. The Morgan fingerprint density at radius 1 is 0.686 bits per heavy atom. The van der Waals surface area contributed by atoms with Gasteiger partial charge in [0.1, 0.15) is 5.25 Å². The number of carbonyl (C=O) groups is 1. The first-order valence-electron chi connectivity index (χ1n) is 10.7. The maximum atomic E-state index is 13.3. The molecule has 0 fully saturated rings. The number of amides is 1. The van der Waals surface area contributed by atoms with E-state index in [1.807, 2.05) is 84.9 Å². The molecule has 1 amide bonds. The summed E-state index contributed by atoms with van der Waals surface area (Å²) in [6, 6.07) is 32.2. The Kier molecular flexibility index (Phi) is 8.66. The van der Waals surface area contributed by atoms with E-state index in [9.17, 15) is 4.79 Å². The van der Waals surface area contributed by atoms with E-state index in [0.29, 0.717) is 20.8 Å². The molecule has 0 saturated carbocycles. The molecule has 3 N–H and O–H groups in total. The zero-order valence-corrected chi connectivity index (χ0v) is 21.5. The summed E-state index contributed by atoms with van der Waals surface area (Å²) in [6.45, 7) is 0. The molecule has 4 nitrogen and oxygen atoms in total. The molecule has 0 aliphatic rings. The predicted octanol–water partition coefficient (Wildman–Crippen LogP) is 8.27. The van der Waals surface area contributed by atoms with Crippen LogP contribution in [-0.2, 0) is 4.79 Å². The number of halogens is 2. The molecule has 1 unspecified atom stereocenters. The first-order chi connectivity index (χ1) is 17.0. The monoisotopic (exact) mass is 537 g/mol. The van der Waals surface area contributed by atoms with E-state index in [1.54, 1.807) is 18.2 Å². The summed E-state index contributed by atoms with van der Waals surface area (Å²) < 4.78 is 0. The molecule has 8 heteroatoms. The molecule has 1 atom stereocenters. The summed E-state index contributed by atoms with van der Waals surface area (Å²) in [6.07, 6.45) is 0. The van der Waals surface area contributed by atoms with E-state index in [2.05, 4.69) is 16.0 Å². The third kappa shape index (κ3) is 7.23. The largest absolute Gasteiger partial charge is 0.332 e. The summed E-state index contributed by atoms with van der Waals surface area (Å²) in [7, 11) is 0. The van der Waals surface area contributed by atoms with Gasteiger partial charge in [-0.1, -0.05) is 71.7 Å². The first-order valence-corrected chi connectivity index (χ1v) is 12.7. The Labute approximate surface area is 224 Å². The number of hydrogen-bond donors (Lipinski definition) is 3. The maximum absolute atomic E-state index is 13.3. The molecule has 0 heterocycles. The highest BCUT2D eigenvalue weighted by Gasteiger charge is 2.22. The van der Waals surface area contributed by atoms with Crippen molar-refractivity contribution in [3.63, 3.8) is 0 Å². The number of carbonyl (C=O) groups excluding carboxylic acids is 1. The standard InChI is InChI=1S/C27H21Cl2N3OS2/c28-23-16-13-21(17-24(23)29)30-26(33)25(18-7-3-1-4-8-18)35-22-14-11-20(12-15-22)32-27(34)31-19-9-5-2-6-10-19/h1-17,25H,(H,30,33)(H2,31,32,34). The van der Waals surface area contributed by atoms with Crippen molar-refractivity contribution >= 4 is 75.3 Å². The number of thioether (sulfide) groups is 1. The van der Waals surface area contributed by atoms with Crippen LogP contribution in [0.4, 0.5) is 17.1 Å². The van der Waals surface area contributed by atoms with Gasteiger partial charge in [-0.05, 0) is 72.4 Å². The lowest BCUT2D eigenvalue weighted by Crippen LogP contribution is -2.19. The van der Waals surface area contributed by atoms with Gasteiger partial charge in [0.25, 0.3) is 0 Å². The SMILES string of the molecule is O=C(Nc1ccc(Cl)c(Cl)c1)C(Sc1ccc(NC(=S)Nc2ccccc2)cc1)c1ccccc1. The van der Waals surface area contributed by atoms with Crippen LogP contribution in [0.2, 0.25) is 10.0 Å². The second-order valence-electron chi connectivity index (χ2n) is 7.50. The lowest BCUT2D eigenvalue weighted by Gasteiger charge is -2.18. The molecule has 176 valence electrons. The zero-order valence-electron chi connectivity index (χ0n) is 18.4. The Bertz CT molecular complexity index is 1300. The van der Waals surface area contributed by atoms with Crippen LogP contribution in [0.1, 0.15) is 10.8 Å². The number of benzene rings is 4. The van der Waals surface area contributed by atoms with Crippen molar-refractivity contribution in [3.8, 4) is 0 Å². The third-order valence-corrected chi connectivity index (χ3v) is 7.13. The van der Waals surface area contributed by atoms with Crippen LogP contribution in [0.3, 0.4) is 0 Å². The van der Waals surface area contributed by atoms with Crippen LogP contribution >= 0.6 is 47.2 Å². The number of hydrogen-bond acceptors (Lipinski definition) is 3. The van der Waals surface area contributed by atoms with Gasteiger partial charge in [0.2, 0.25) is 5.91 Å². The highest BCUT2D eigenvalue weighted by molar-refractivity contribution is 8.00. The van der Waals surface area contributed by atoms with Crippen molar-refractivity contribution in [2.75, 3.05) is 16.0 Å². The minimum atomic E-state index is -0.467. The Hall–Kier alpha value is -3.03. The van der Waals surface area contributed by atoms with Crippen molar-refractivity contribution in [1.29, 1.82) is 0 Å². The molecule has 0 aromatic heterocycles. The number of para-hydroxylation sites is 1. The molecule has 4 aromatic carbocycles. The molecular formula is C27H21Cl2N3OS2. The van der Waals surface area contributed by atoms with Crippen LogP contribution in [-0.4, -0.2) is 11.0 Å². The Morgan fingerprint density at radius 2 is 1.26 bits per heavy atom. The van der Waals surface area contributed by atoms with Crippen molar-refractivity contribution < 1.29 is 4.79 Å². The molecule has 4 aromatic rings. The molecule has 0 bridgehead atoms. The summed E-state index contributed by atoms with van der Waals surface area (Å²) in [5, 5.41) is 10.1. The van der Waals surface area contributed by atoms with Crippen LogP contribution in [0.25, 0.3) is 0 Å². The van der Waals surface area contributed by atoms with Gasteiger partial charge in [0.05, 0.1) is 10.0 Å². The predicted molar refractivity (Wildman–Crippen MR) is 153 cm³/mol. The molecule has 35 heavy (non-hydrogen) atoms. The van der Waals surface area contributed by atoms with Gasteiger partial charge >= 0.3 is 0 Å². The van der Waals surface area contributed by atoms with E-state index in [4.69, 9.17) is 35.4 Å².